The van der Waals surface area contributed by atoms with E-state index in [1.54, 1.807) is 4.90 Å². The molecular formula is C5H10Cl2N2. The molecule has 1 rings (SSSR count). The lowest BCUT2D eigenvalue weighted by molar-refractivity contribution is 0.487. The first-order valence-electron chi connectivity index (χ1n) is 2.58. The van der Waals surface area contributed by atoms with Crippen LogP contribution >= 0.6 is 24.8 Å². The summed E-state index contributed by atoms with van der Waals surface area (Å²) in [5.41, 5.74) is 0. The van der Waals surface area contributed by atoms with Gasteiger partial charge in [-0.2, -0.15) is 5.26 Å². The minimum atomic E-state index is 0. The van der Waals surface area contributed by atoms with E-state index in [4.69, 9.17) is 5.26 Å². The van der Waals surface area contributed by atoms with E-state index >= 15 is 0 Å². The van der Waals surface area contributed by atoms with Crippen molar-refractivity contribution in [1.29, 1.82) is 5.26 Å². The summed E-state index contributed by atoms with van der Waals surface area (Å²) in [5, 5.41) is 8.24. The van der Waals surface area contributed by atoms with Crippen molar-refractivity contribution in [1.82, 2.24) is 4.90 Å². The molecule has 0 aromatic rings. The van der Waals surface area contributed by atoms with Gasteiger partial charge >= 0.3 is 0 Å². The van der Waals surface area contributed by atoms with Crippen LogP contribution in [0.3, 0.4) is 0 Å². The lowest BCUT2D eigenvalue weighted by Gasteiger charge is -2.00. The van der Waals surface area contributed by atoms with Crippen molar-refractivity contribution in [2.75, 3.05) is 13.1 Å². The molecule has 2 nitrogen and oxygen atoms in total. The minimum Gasteiger partial charge on any atom is -0.311 e. The largest absolute Gasteiger partial charge is 0.311 e. The van der Waals surface area contributed by atoms with Crippen molar-refractivity contribution in [3.05, 3.63) is 0 Å². The summed E-state index contributed by atoms with van der Waals surface area (Å²) in [6.07, 6.45) is 4.50. The summed E-state index contributed by atoms with van der Waals surface area (Å²) < 4.78 is 0. The number of likely N-dealkylation sites (tertiary alicyclic amines) is 1. The molecule has 0 N–H and O–H groups in total. The van der Waals surface area contributed by atoms with E-state index in [0.29, 0.717) is 0 Å². The summed E-state index contributed by atoms with van der Waals surface area (Å²) in [4.78, 5) is 1.79. The zero-order valence-electron chi connectivity index (χ0n) is 5.04. The number of hydrogen-bond donors (Lipinski definition) is 0. The summed E-state index contributed by atoms with van der Waals surface area (Å²) in [6.45, 7) is 1.97. The van der Waals surface area contributed by atoms with Gasteiger partial charge in [0.1, 0.15) is 0 Å². The van der Waals surface area contributed by atoms with Gasteiger partial charge in [-0.15, -0.1) is 24.8 Å². The average Bonchev–Trinajstić information content (AvgIpc) is 2.14. The van der Waals surface area contributed by atoms with Crippen LogP contribution in [-0.2, 0) is 0 Å². The molecule has 9 heavy (non-hydrogen) atoms. The molecule has 0 amide bonds. The number of nitrogens with zero attached hydrogens (tertiary/aromatic N) is 2. The number of rotatable bonds is 0. The van der Waals surface area contributed by atoms with Crippen LogP contribution in [0, 0.1) is 11.5 Å². The minimum absolute atomic E-state index is 0. The quantitative estimate of drug-likeness (QED) is 0.512. The third-order valence-electron chi connectivity index (χ3n) is 1.25. The Balaban J connectivity index is 0. The molecule has 0 unspecified atom stereocenters. The number of halogens is 2. The van der Waals surface area contributed by atoms with Crippen molar-refractivity contribution in [3.63, 3.8) is 0 Å². The predicted molar refractivity (Wildman–Crippen MR) is 40.9 cm³/mol. The van der Waals surface area contributed by atoms with Gasteiger partial charge in [-0.05, 0) is 12.8 Å². The molecule has 4 heteroatoms. The Labute approximate surface area is 67.7 Å². The number of hydrogen-bond acceptors (Lipinski definition) is 2. The summed E-state index contributed by atoms with van der Waals surface area (Å²) in [6, 6.07) is 0. The summed E-state index contributed by atoms with van der Waals surface area (Å²) in [7, 11) is 0. The normalized spacial score (nSPS) is 15.2. The van der Waals surface area contributed by atoms with E-state index in [-0.39, 0.29) is 24.8 Å². The van der Waals surface area contributed by atoms with Crippen LogP contribution in [0.4, 0.5) is 0 Å². The maximum absolute atomic E-state index is 8.24. The van der Waals surface area contributed by atoms with Gasteiger partial charge in [-0.3, -0.25) is 0 Å². The molecule has 1 aliphatic heterocycles. The molecule has 1 saturated heterocycles. The fourth-order valence-corrected chi connectivity index (χ4v) is 0.817. The molecule has 0 aliphatic carbocycles. The Kier molecular flexibility index (Phi) is 7.76. The van der Waals surface area contributed by atoms with E-state index in [1.807, 2.05) is 0 Å². The Bertz CT molecular complexity index is 93.6. The first-order chi connectivity index (χ1) is 3.43. The fraction of sp³-hybridized carbons (Fsp3) is 0.800. The topological polar surface area (TPSA) is 27.0 Å². The smallest absolute Gasteiger partial charge is 0.179 e. The first kappa shape index (κ1) is 11.6. The average molecular weight is 169 g/mol. The molecule has 0 bridgehead atoms. The standard InChI is InChI=1S/C5H8N2.2ClH/c6-5-7-3-1-2-4-7;;/h1-4H2;2*1H. The summed E-state index contributed by atoms with van der Waals surface area (Å²) >= 11 is 0. The molecule has 1 fully saturated rings. The molecule has 0 spiro atoms. The van der Waals surface area contributed by atoms with Crippen LogP contribution in [0.15, 0.2) is 0 Å². The number of nitriles is 1. The van der Waals surface area contributed by atoms with E-state index < -0.39 is 0 Å². The molecule has 0 aromatic heterocycles. The molecule has 1 aliphatic rings. The van der Waals surface area contributed by atoms with E-state index in [9.17, 15) is 0 Å². The van der Waals surface area contributed by atoms with E-state index in [0.717, 1.165) is 13.1 Å². The van der Waals surface area contributed by atoms with E-state index in [1.165, 1.54) is 12.8 Å². The van der Waals surface area contributed by atoms with Crippen LogP contribution in [0.5, 0.6) is 0 Å². The van der Waals surface area contributed by atoms with Crippen molar-refractivity contribution < 1.29 is 0 Å². The monoisotopic (exact) mass is 168 g/mol. The summed E-state index contributed by atoms with van der Waals surface area (Å²) in [5.74, 6) is 0. The van der Waals surface area contributed by atoms with Crippen LogP contribution in [0.25, 0.3) is 0 Å². The highest BCUT2D eigenvalue weighted by Gasteiger charge is 2.06. The van der Waals surface area contributed by atoms with Gasteiger partial charge in [0.15, 0.2) is 6.19 Å². The highest BCUT2D eigenvalue weighted by molar-refractivity contribution is 5.85. The Morgan fingerprint density at radius 1 is 1.11 bits per heavy atom. The third kappa shape index (κ3) is 3.45. The van der Waals surface area contributed by atoms with Gasteiger partial charge in [-0.1, -0.05) is 0 Å². The molecular weight excluding hydrogens is 159 g/mol. The van der Waals surface area contributed by atoms with Crippen LogP contribution in [-0.4, -0.2) is 18.0 Å². The maximum atomic E-state index is 8.24. The molecule has 0 aromatic carbocycles. The van der Waals surface area contributed by atoms with Crippen LogP contribution < -0.4 is 0 Å². The van der Waals surface area contributed by atoms with E-state index in [2.05, 4.69) is 6.19 Å². The van der Waals surface area contributed by atoms with Gasteiger partial charge in [-0.25, -0.2) is 0 Å². The molecule has 1 heterocycles. The molecule has 54 valence electrons. The Morgan fingerprint density at radius 3 is 1.78 bits per heavy atom. The lowest BCUT2D eigenvalue weighted by Crippen LogP contribution is -2.10. The SMILES string of the molecule is Cl.Cl.N#CN1CCCC1. The second-order valence-electron chi connectivity index (χ2n) is 1.79. The van der Waals surface area contributed by atoms with Gasteiger partial charge in [0, 0.05) is 13.1 Å². The highest BCUT2D eigenvalue weighted by Crippen LogP contribution is 2.03. The lowest BCUT2D eigenvalue weighted by atomic mass is 10.4. The predicted octanol–water partition coefficient (Wildman–Crippen LogP) is 1.41. The van der Waals surface area contributed by atoms with Crippen molar-refractivity contribution in [3.8, 4) is 6.19 Å². The van der Waals surface area contributed by atoms with Gasteiger partial charge in [0.05, 0.1) is 0 Å². The Hall–Kier alpha value is -0.130. The van der Waals surface area contributed by atoms with Crippen LogP contribution in [0.1, 0.15) is 12.8 Å². The van der Waals surface area contributed by atoms with Crippen molar-refractivity contribution >= 4 is 24.8 Å². The van der Waals surface area contributed by atoms with Crippen LogP contribution in [0.2, 0.25) is 0 Å². The van der Waals surface area contributed by atoms with Gasteiger partial charge < -0.3 is 4.90 Å². The zero-order chi connectivity index (χ0) is 5.11. The highest BCUT2D eigenvalue weighted by atomic mass is 35.5. The molecule has 0 radical (unpaired) electrons. The van der Waals surface area contributed by atoms with Crippen molar-refractivity contribution in [2.45, 2.75) is 12.8 Å². The van der Waals surface area contributed by atoms with Crippen molar-refractivity contribution in [2.24, 2.45) is 0 Å². The Morgan fingerprint density at radius 2 is 1.56 bits per heavy atom. The van der Waals surface area contributed by atoms with Gasteiger partial charge in [0.2, 0.25) is 0 Å². The molecule has 0 atom stereocenters. The van der Waals surface area contributed by atoms with Gasteiger partial charge in [0.25, 0.3) is 0 Å². The molecule has 0 saturated carbocycles. The third-order valence-corrected chi connectivity index (χ3v) is 1.25. The first-order valence-corrected chi connectivity index (χ1v) is 2.58. The second-order valence-corrected chi connectivity index (χ2v) is 1.79. The zero-order valence-corrected chi connectivity index (χ0v) is 6.67. The second kappa shape index (κ2) is 6.00. The fourth-order valence-electron chi connectivity index (χ4n) is 0.817. The maximum Gasteiger partial charge on any atom is 0.179 e.